The summed E-state index contributed by atoms with van der Waals surface area (Å²) < 4.78 is 14.4. The number of likely N-dealkylation sites (tertiary alicyclic amines) is 2. The summed E-state index contributed by atoms with van der Waals surface area (Å²) in [5, 5.41) is 17.8. The van der Waals surface area contributed by atoms with E-state index < -0.39 is 41.8 Å². The SMILES string of the molecule is C.CC(CO)N1CCCC1=O.CC(O)C(=O)OC(C)(C)C(C)N1CCCC1=O.CC1OC(=O)C(C)OC1=O.OP[PH-].[V]. The Morgan fingerprint density at radius 3 is 1.69 bits per heavy atom. The average molecular weight is 679 g/mol. The van der Waals surface area contributed by atoms with Crippen molar-refractivity contribution in [2.45, 2.75) is 118 Å². The number of carbonyl (C=O) groups is 5. The van der Waals surface area contributed by atoms with Crippen LogP contribution in [0.3, 0.4) is 0 Å². The number of hydrogen-bond donors (Lipinski definition) is 3. The summed E-state index contributed by atoms with van der Waals surface area (Å²) in [6.07, 6.45) is 0.380. The van der Waals surface area contributed by atoms with Crippen molar-refractivity contribution in [3.63, 3.8) is 0 Å². The van der Waals surface area contributed by atoms with Gasteiger partial charge in [0.25, 0.3) is 0 Å². The van der Waals surface area contributed by atoms with Gasteiger partial charge in [-0.15, -0.1) is 0 Å². The molecule has 13 nitrogen and oxygen atoms in total. The molecular formula is C26H49N2O11P2V-. The number of nitrogens with zero attached hydrogens (tertiary/aromatic N) is 2. The van der Waals surface area contributed by atoms with E-state index in [1.807, 2.05) is 13.8 Å². The van der Waals surface area contributed by atoms with Crippen LogP contribution >= 0.6 is 17.4 Å². The number of ether oxygens (including phenoxy) is 3. The zero-order valence-electron chi connectivity index (χ0n) is 24.8. The van der Waals surface area contributed by atoms with Crippen molar-refractivity contribution >= 4 is 47.1 Å². The van der Waals surface area contributed by atoms with Gasteiger partial charge < -0.3 is 48.0 Å². The Kier molecular flexibility index (Phi) is 23.9. The molecule has 0 aliphatic carbocycles. The van der Waals surface area contributed by atoms with Gasteiger partial charge in [-0.2, -0.15) is 8.50 Å². The minimum atomic E-state index is -1.14. The van der Waals surface area contributed by atoms with E-state index >= 15 is 0 Å². The van der Waals surface area contributed by atoms with E-state index in [1.54, 1.807) is 23.6 Å². The first-order chi connectivity index (χ1) is 18.5. The quantitative estimate of drug-likeness (QED) is 0.212. The Hall–Kier alpha value is -1.33. The molecule has 0 aromatic rings. The largest absolute Gasteiger partial charge is 0.500 e. The number of cyclic esters (lactones) is 2. The van der Waals surface area contributed by atoms with Crippen LogP contribution < -0.4 is 0 Å². The molecule has 1 radical (unpaired) electrons. The summed E-state index contributed by atoms with van der Waals surface area (Å²) in [6, 6.07) is -0.185. The number of aliphatic hydroxyl groups excluding tert-OH is 2. The van der Waals surface area contributed by atoms with Gasteiger partial charge in [-0.25, -0.2) is 14.4 Å². The second kappa shape index (κ2) is 22.2. The standard InChI is InChI=1S/C12H21NO4.C7H13NO2.C6H8O4.CH4.H3OP2.V/c1-8(14)11(16)17-12(3,4)9(2)13-7-5-6-10(13)15;1-6(5-9)8-4-2-3-7(8)10;1-3-5(7)10-4(2)6(8)9-3;;1-3-2;/h8-9,14H,5-7H2,1-4H3;6,9H,2-5H2,1H3;3-4H,1-2H3;1H4;1-3H;/q;;;;-1;. The molecule has 0 bridgehead atoms. The van der Waals surface area contributed by atoms with Crippen LogP contribution in [0.2, 0.25) is 0 Å². The fourth-order valence-corrected chi connectivity index (χ4v) is 3.75. The molecule has 3 saturated heterocycles. The molecule has 6 unspecified atom stereocenters. The number of rotatable bonds is 6. The van der Waals surface area contributed by atoms with E-state index in [9.17, 15) is 24.0 Å². The van der Waals surface area contributed by atoms with E-state index in [1.165, 1.54) is 20.8 Å². The van der Waals surface area contributed by atoms with Crippen LogP contribution in [0.15, 0.2) is 0 Å². The second-order valence-electron chi connectivity index (χ2n) is 10.1. The Balaban J connectivity index is -0.000000529. The van der Waals surface area contributed by atoms with Crippen molar-refractivity contribution in [3.05, 3.63) is 0 Å². The molecule has 245 valence electrons. The zero-order chi connectivity index (χ0) is 31.2. The molecule has 3 heterocycles. The summed E-state index contributed by atoms with van der Waals surface area (Å²) in [6.45, 7) is 13.2. The van der Waals surface area contributed by atoms with Crippen molar-refractivity contribution in [1.82, 2.24) is 9.80 Å². The van der Waals surface area contributed by atoms with Crippen molar-refractivity contribution < 1.29 is 71.8 Å². The van der Waals surface area contributed by atoms with E-state index in [2.05, 4.69) is 18.4 Å². The van der Waals surface area contributed by atoms with Crippen molar-refractivity contribution in [1.29, 1.82) is 0 Å². The molecule has 42 heavy (non-hydrogen) atoms. The van der Waals surface area contributed by atoms with Crippen LogP contribution in [-0.4, -0.2) is 110 Å². The minimum Gasteiger partial charge on any atom is -0.500 e. The first-order valence-corrected chi connectivity index (χ1v) is 15.6. The Labute approximate surface area is 265 Å². The second-order valence-corrected chi connectivity index (χ2v) is 11.0. The predicted molar refractivity (Wildman–Crippen MR) is 156 cm³/mol. The molecule has 0 saturated carbocycles. The Morgan fingerprint density at radius 2 is 1.38 bits per heavy atom. The Morgan fingerprint density at radius 1 is 1.00 bits per heavy atom. The monoisotopic (exact) mass is 678 g/mol. The summed E-state index contributed by atoms with van der Waals surface area (Å²) in [7, 11) is 2.66. The maximum Gasteiger partial charge on any atom is 0.347 e. The number of esters is 3. The van der Waals surface area contributed by atoms with Crippen molar-refractivity contribution in [2.24, 2.45) is 0 Å². The molecule has 16 heteroatoms. The molecule has 0 aromatic heterocycles. The zero-order valence-corrected chi connectivity index (χ0v) is 28.2. The van der Waals surface area contributed by atoms with Crippen LogP contribution in [0.1, 0.15) is 81.6 Å². The van der Waals surface area contributed by atoms with Gasteiger partial charge in [-0.05, 0) is 61.3 Å². The number of carbonyl (C=O) groups excluding carboxylic acids is 5. The van der Waals surface area contributed by atoms with Crippen LogP contribution in [0.25, 0.3) is 0 Å². The van der Waals surface area contributed by atoms with E-state index in [0.717, 1.165) is 19.4 Å². The maximum absolute atomic E-state index is 11.6. The van der Waals surface area contributed by atoms with Gasteiger partial charge in [-0.1, -0.05) is 7.43 Å². The van der Waals surface area contributed by atoms with Gasteiger partial charge in [0.15, 0.2) is 12.2 Å². The fourth-order valence-electron chi connectivity index (χ4n) is 3.75. The number of amides is 2. The fraction of sp³-hybridized carbons (Fsp3) is 0.808. The summed E-state index contributed by atoms with van der Waals surface area (Å²) in [5.74, 6) is -1.34. The molecule has 0 spiro atoms. The van der Waals surface area contributed by atoms with E-state index in [-0.39, 0.29) is 65.0 Å². The van der Waals surface area contributed by atoms with Crippen LogP contribution in [0.5, 0.6) is 0 Å². The number of aliphatic hydroxyl groups is 2. The molecule has 3 N–H and O–H groups in total. The summed E-state index contributed by atoms with van der Waals surface area (Å²) in [5.41, 5.74) is -0.798. The van der Waals surface area contributed by atoms with Crippen LogP contribution in [0.4, 0.5) is 0 Å². The molecule has 0 aromatic carbocycles. The summed E-state index contributed by atoms with van der Waals surface area (Å²) in [4.78, 5) is 66.3. The van der Waals surface area contributed by atoms with E-state index in [4.69, 9.17) is 19.8 Å². The van der Waals surface area contributed by atoms with Crippen molar-refractivity contribution in [2.75, 3.05) is 19.7 Å². The third kappa shape index (κ3) is 15.4. The normalized spacial score (nSPS) is 22.0. The average Bonchev–Trinajstić information content (AvgIpc) is 3.50. The molecular weight excluding hydrogens is 629 g/mol. The topological polar surface area (TPSA) is 180 Å². The molecule has 3 aliphatic rings. The molecule has 2 amide bonds. The van der Waals surface area contributed by atoms with E-state index in [0.29, 0.717) is 19.4 Å². The maximum atomic E-state index is 11.6. The smallest absolute Gasteiger partial charge is 0.347 e. The molecule has 6 atom stereocenters. The van der Waals surface area contributed by atoms with Gasteiger partial charge in [-0.3, -0.25) is 9.59 Å². The summed E-state index contributed by atoms with van der Waals surface area (Å²) >= 11 is 0. The third-order valence-corrected chi connectivity index (χ3v) is 6.44. The molecule has 3 aliphatic heterocycles. The first kappa shape index (κ1) is 45.1. The predicted octanol–water partition coefficient (Wildman–Crippen LogP) is 1.82. The number of hydrogen-bond acceptors (Lipinski definition) is 11. The molecule has 3 rings (SSSR count). The van der Waals surface area contributed by atoms with Gasteiger partial charge in [0.05, 0.1) is 18.7 Å². The minimum absolute atomic E-state index is 0. The van der Waals surface area contributed by atoms with Gasteiger partial charge in [0, 0.05) is 44.5 Å². The van der Waals surface area contributed by atoms with Gasteiger partial charge >= 0.3 is 17.9 Å². The van der Waals surface area contributed by atoms with Gasteiger partial charge in [0.2, 0.25) is 11.8 Å². The van der Waals surface area contributed by atoms with Crippen molar-refractivity contribution in [3.8, 4) is 0 Å². The Bertz CT molecular complexity index is 844. The van der Waals surface area contributed by atoms with Crippen LogP contribution in [0, 0.1) is 0 Å². The third-order valence-electron chi connectivity index (χ3n) is 6.44. The van der Waals surface area contributed by atoms with Gasteiger partial charge in [0.1, 0.15) is 11.7 Å². The van der Waals surface area contributed by atoms with Crippen LogP contribution in [-0.2, 0) is 56.7 Å². The molecule has 3 fully saturated rings. The first-order valence-electron chi connectivity index (χ1n) is 13.1.